The highest BCUT2D eigenvalue weighted by atomic mass is 19.2. The van der Waals surface area contributed by atoms with Crippen molar-refractivity contribution in [1.82, 2.24) is 0 Å². The molecule has 0 aliphatic carbocycles. The number of carbonyl (C=O) groups is 1. The molecule has 1 aliphatic heterocycles. The maximum Gasteiger partial charge on any atom is 0.229 e. The van der Waals surface area contributed by atoms with Crippen LogP contribution in [0.2, 0.25) is 0 Å². The summed E-state index contributed by atoms with van der Waals surface area (Å²) in [6.07, 6.45) is -0.968. The summed E-state index contributed by atoms with van der Waals surface area (Å²) in [5.41, 5.74) is 5.18. The van der Waals surface area contributed by atoms with Crippen molar-refractivity contribution in [2.45, 2.75) is 12.5 Å². The van der Waals surface area contributed by atoms with Crippen LogP contribution < -0.4 is 10.6 Å². The van der Waals surface area contributed by atoms with Crippen molar-refractivity contribution in [2.24, 2.45) is 0 Å². The molecule has 1 heterocycles. The first-order chi connectivity index (χ1) is 7.50. The van der Waals surface area contributed by atoms with Crippen molar-refractivity contribution in [3.63, 3.8) is 0 Å². The summed E-state index contributed by atoms with van der Waals surface area (Å²) in [4.78, 5) is 12.4. The van der Waals surface area contributed by atoms with Crippen LogP contribution in [-0.4, -0.2) is 23.7 Å². The van der Waals surface area contributed by atoms with Gasteiger partial charge in [0.15, 0.2) is 11.6 Å². The predicted molar refractivity (Wildman–Crippen MR) is 53.7 cm³/mol. The molecule has 4 nitrogen and oxygen atoms in total. The number of β-amino-alcohol motifs (C(OH)–C–C–N with tert-alkyl or cyclic N) is 1. The van der Waals surface area contributed by atoms with E-state index in [1.54, 1.807) is 0 Å². The monoisotopic (exact) mass is 228 g/mol. The number of rotatable bonds is 1. The molecule has 86 valence electrons. The van der Waals surface area contributed by atoms with Crippen molar-refractivity contribution in [3.05, 3.63) is 23.8 Å². The Morgan fingerprint density at radius 3 is 2.69 bits per heavy atom. The van der Waals surface area contributed by atoms with Crippen LogP contribution in [0, 0.1) is 11.6 Å². The molecule has 1 aromatic carbocycles. The fourth-order valence-electron chi connectivity index (χ4n) is 1.73. The number of aliphatic hydroxyl groups is 1. The molecular weight excluding hydrogens is 218 g/mol. The fourth-order valence-corrected chi connectivity index (χ4v) is 1.73. The Morgan fingerprint density at radius 1 is 1.44 bits per heavy atom. The number of benzene rings is 1. The number of amides is 1. The standard InChI is InChI=1S/C10H10F2N2O2/c11-6-1-2-7(13)10(9(6)12)14-4-5(15)3-8(14)16/h1-2,5,15H,3-4,13H2. The van der Waals surface area contributed by atoms with E-state index in [-0.39, 0.29) is 24.3 Å². The first-order valence-electron chi connectivity index (χ1n) is 4.72. The van der Waals surface area contributed by atoms with Crippen LogP contribution in [0.5, 0.6) is 0 Å². The number of anilines is 2. The molecule has 2 rings (SSSR count). The van der Waals surface area contributed by atoms with Crippen LogP contribution in [-0.2, 0) is 4.79 Å². The molecule has 1 aromatic rings. The number of nitrogens with two attached hydrogens (primary N) is 1. The first kappa shape index (κ1) is 10.8. The molecule has 0 saturated carbocycles. The molecule has 1 unspecified atom stereocenters. The van der Waals surface area contributed by atoms with Crippen LogP contribution >= 0.6 is 0 Å². The highest BCUT2D eigenvalue weighted by molar-refractivity contribution is 5.98. The van der Waals surface area contributed by atoms with E-state index in [2.05, 4.69) is 0 Å². The third-order valence-electron chi connectivity index (χ3n) is 2.47. The SMILES string of the molecule is Nc1ccc(F)c(F)c1N1CC(O)CC1=O. The number of aliphatic hydroxyl groups excluding tert-OH is 1. The van der Waals surface area contributed by atoms with Gasteiger partial charge in [-0.1, -0.05) is 0 Å². The number of hydrogen-bond acceptors (Lipinski definition) is 3. The average molecular weight is 228 g/mol. The summed E-state index contributed by atoms with van der Waals surface area (Å²) in [6.45, 7) is -0.0661. The van der Waals surface area contributed by atoms with Gasteiger partial charge in [-0.15, -0.1) is 0 Å². The van der Waals surface area contributed by atoms with E-state index < -0.39 is 23.6 Å². The third-order valence-corrected chi connectivity index (χ3v) is 2.47. The zero-order valence-electron chi connectivity index (χ0n) is 8.28. The van der Waals surface area contributed by atoms with Gasteiger partial charge in [-0.25, -0.2) is 8.78 Å². The maximum atomic E-state index is 13.5. The quantitative estimate of drug-likeness (QED) is 0.693. The molecule has 1 amide bonds. The molecule has 0 bridgehead atoms. The largest absolute Gasteiger partial charge is 0.397 e. The second-order valence-electron chi connectivity index (χ2n) is 3.66. The number of nitrogen functional groups attached to an aromatic ring is 1. The third kappa shape index (κ3) is 1.61. The molecule has 1 fully saturated rings. The van der Waals surface area contributed by atoms with Crippen molar-refractivity contribution in [1.29, 1.82) is 0 Å². The van der Waals surface area contributed by atoms with E-state index in [0.717, 1.165) is 11.0 Å². The van der Waals surface area contributed by atoms with Gasteiger partial charge in [0.25, 0.3) is 0 Å². The smallest absolute Gasteiger partial charge is 0.229 e. The average Bonchev–Trinajstić information content (AvgIpc) is 2.53. The van der Waals surface area contributed by atoms with Gasteiger partial charge in [-0.3, -0.25) is 4.79 Å². The fraction of sp³-hybridized carbons (Fsp3) is 0.300. The minimum Gasteiger partial charge on any atom is -0.397 e. The van der Waals surface area contributed by atoms with Crippen LogP contribution in [0.4, 0.5) is 20.2 Å². The van der Waals surface area contributed by atoms with Gasteiger partial charge >= 0.3 is 0 Å². The zero-order chi connectivity index (χ0) is 11.9. The van der Waals surface area contributed by atoms with Crippen LogP contribution in [0.1, 0.15) is 6.42 Å². The predicted octanol–water partition coefficient (Wildman–Crippen LogP) is 0.645. The molecule has 3 N–H and O–H groups in total. The molecule has 0 spiro atoms. The summed E-state index contributed by atoms with van der Waals surface area (Å²) in [7, 11) is 0. The van der Waals surface area contributed by atoms with Gasteiger partial charge in [-0.2, -0.15) is 0 Å². The van der Waals surface area contributed by atoms with E-state index in [9.17, 15) is 18.7 Å². The Bertz CT molecular complexity index is 451. The second kappa shape index (κ2) is 3.71. The highest BCUT2D eigenvalue weighted by Gasteiger charge is 2.32. The Labute approximate surface area is 90.3 Å². The van der Waals surface area contributed by atoms with Crippen molar-refractivity contribution < 1.29 is 18.7 Å². The lowest BCUT2D eigenvalue weighted by atomic mass is 10.2. The van der Waals surface area contributed by atoms with Crippen LogP contribution in [0.3, 0.4) is 0 Å². The summed E-state index contributed by atoms with van der Waals surface area (Å²) in [6, 6.07) is 2.08. The van der Waals surface area contributed by atoms with Gasteiger partial charge in [0.2, 0.25) is 5.91 Å². The Morgan fingerprint density at radius 2 is 2.12 bits per heavy atom. The summed E-state index contributed by atoms with van der Waals surface area (Å²) < 4.78 is 26.5. The Hall–Kier alpha value is -1.69. The summed E-state index contributed by atoms with van der Waals surface area (Å²) in [5.74, 6) is -2.70. The summed E-state index contributed by atoms with van der Waals surface area (Å²) in [5, 5.41) is 9.26. The van der Waals surface area contributed by atoms with Crippen LogP contribution in [0.15, 0.2) is 12.1 Å². The maximum absolute atomic E-state index is 13.5. The molecule has 16 heavy (non-hydrogen) atoms. The van der Waals surface area contributed by atoms with E-state index in [1.165, 1.54) is 6.07 Å². The second-order valence-corrected chi connectivity index (χ2v) is 3.66. The van der Waals surface area contributed by atoms with E-state index in [0.29, 0.717) is 0 Å². The zero-order valence-corrected chi connectivity index (χ0v) is 8.28. The number of carbonyl (C=O) groups excluding carboxylic acids is 1. The highest BCUT2D eigenvalue weighted by Crippen LogP contribution is 2.31. The van der Waals surface area contributed by atoms with E-state index in [1.807, 2.05) is 0 Å². The Kier molecular flexibility index (Phi) is 2.51. The minimum absolute atomic E-state index is 0.0265. The van der Waals surface area contributed by atoms with Gasteiger partial charge in [0.05, 0.1) is 24.8 Å². The first-order valence-corrected chi connectivity index (χ1v) is 4.72. The molecule has 1 atom stereocenters. The normalized spacial score (nSPS) is 20.6. The van der Waals surface area contributed by atoms with E-state index >= 15 is 0 Å². The summed E-state index contributed by atoms with van der Waals surface area (Å²) >= 11 is 0. The van der Waals surface area contributed by atoms with Crippen LogP contribution in [0.25, 0.3) is 0 Å². The van der Waals surface area contributed by atoms with Gasteiger partial charge < -0.3 is 15.7 Å². The topological polar surface area (TPSA) is 66.6 Å². The molecule has 1 saturated heterocycles. The van der Waals surface area contributed by atoms with E-state index in [4.69, 9.17) is 5.73 Å². The lowest BCUT2D eigenvalue weighted by molar-refractivity contribution is -0.117. The van der Waals surface area contributed by atoms with Crippen molar-refractivity contribution >= 4 is 17.3 Å². The molecule has 6 heteroatoms. The lowest BCUT2D eigenvalue weighted by Gasteiger charge is -2.18. The molecule has 0 radical (unpaired) electrons. The van der Waals surface area contributed by atoms with Gasteiger partial charge in [0.1, 0.15) is 5.69 Å². The van der Waals surface area contributed by atoms with Gasteiger partial charge in [0, 0.05) is 0 Å². The number of nitrogens with zero attached hydrogens (tertiary/aromatic N) is 1. The Balaban J connectivity index is 2.48. The number of hydrogen-bond donors (Lipinski definition) is 2. The van der Waals surface area contributed by atoms with Crippen molar-refractivity contribution in [2.75, 3.05) is 17.2 Å². The minimum atomic E-state index is -1.16. The van der Waals surface area contributed by atoms with Gasteiger partial charge in [-0.05, 0) is 12.1 Å². The number of halogens is 2. The molecule has 1 aliphatic rings. The lowest BCUT2D eigenvalue weighted by Crippen LogP contribution is -2.27. The van der Waals surface area contributed by atoms with Crippen molar-refractivity contribution in [3.8, 4) is 0 Å². The molecular formula is C10H10F2N2O2. The molecule has 0 aromatic heterocycles.